The summed E-state index contributed by atoms with van der Waals surface area (Å²) in [6.45, 7) is 6.96. The molecule has 0 saturated carbocycles. The molecule has 0 atom stereocenters. The summed E-state index contributed by atoms with van der Waals surface area (Å²) >= 11 is 0. The van der Waals surface area contributed by atoms with Crippen LogP contribution in [0.5, 0.6) is 0 Å². The number of rotatable bonds is 3. The summed E-state index contributed by atoms with van der Waals surface area (Å²) in [6.07, 6.45) is 7.85. The first-order chi connectivity index (χ1) is 11.7. The molecule has 3 rings (SSSR count). The van der Waals surface area contributed by atoms with Crippen LogP contribution in [-0.4, -0.2) is 41.0 Å². The average molecular weight is 362 g/mol. The van der Waals surface area contributed by atoms with E-state index in [0.717, 1.165) is 31.6 Å². The Kier molecular flexibility index (Phi) is 4.62. The molecular weight excluding hydrogens is 336 g/mol. The molecule has 0 aromatic carbocycles. The van der Waals surface area contributed by atoms with Crippen LogP contribution in [0.25, 0.3) is 0 Å². The van der Waals surface area contributed by atoms with E-state index in [2.05, 4.69) is 21.2 Å². The lowest BCUT2D eigenvalue weighted by atomic mass is 9.91. The van der Waals surface area contributed by atoms with Crippen molar-refractivity contribution in [2.75, 3.05) is 18.0 Å². The molecule has 7 heteroatoms. The number of sulfone groups is 1. The van der Waals surface area contributed by atoms with Crippen LogP contribution in [-0.2, 0) is 16.9 Å². The van der Waals surface area contributed by atoms with Gasteiger partial charge in [-0.05, 0) is 57.2 Å². The van der Waals surface area contributed by atoms with Gasteiger partial charge >= 0.3 is 0 Å². The zero-order chi connectivity index (χ0) is 18.2. The Morgan fingerprint density at radius 1 is 1.12 bits per heavy atom. The van der Waals surface area contributed by atoms with E-state index < -0.39 is 14.6 Å². The molecular formula is C18H26N4O2S. The molecule has 1 saturated heterocycles. The largest absolute Gasteiger partial charge is 0.370 e. The Morgan fingerprint density at radius 3 is 2.28 bits per heavy atom. The van der Waals surface area contributed by atoms with Crippen molar-refractivity contribution in [2.45, 2.75) is 49.3 Å². The number of piperidine rings is 1. The van der Waals surface area contributed by atoms with Crippen LogP contribution in [0.1, 0.15) is 45.1 Å². The predicted octanol–water partition coefficient (Wildman–Crippen LogP) is 2.77. The lowest BCUT2D eigenvalue weighted by Gasteiger charge is -2.33. The first kappa shape index (κ1) is 17.9. The number of aromatic nitrogens is 3. The molecule has 0 N–H and O–H groups in total. The number of nitrogens with zero attached hydrogens (tertiary/aromatic N) is 4. The summed E-state index contributed by atoms with van der Waals surface area (Å²) in [5.41, 5.74) is 2.28. The fourth-order valence-corrected chi connectivity index (χ4v) is 4.22. The third-order valence-electron chi connectivity index (χ3n) is 4.86. The second-order valence-electron chi connectivity index (χ2n) is 7.68. The topological polar surface area (TPSA) is 68.1 Å². The maximum Gasteiger partial charge on any atom is 0.200 e. The highest BCUT2D eigenvalue weighted by molar-refractivity contribution is 7.92. The van der Waals surface area contributed by atoms with Crippen LogP contribution in [0.2, 0.25) is 0 Å². The normalized spacial score (nSPS) is 17.0. The number of anilines is 1. The van der Waals surface area contributed by atoms with Crippen molar-refractivity contribution in [1.82, 2.24) is 14.8 Å². The van der Waals surface area contributed by atoms with Gasteiger partial charge in [0.05, 0.1) is 22.8 Å². The SMILES string of the molecule is Cn1cc(C2CCN(c3ccc(S(=O)(=O)C(C)(C)C)nc3)CC2)cn1. The Bertz CT molecular complexity index is 827. The smallest absolute Gasteiger partial charge is 0.200 e. The third-order valence-corrected chi connectivity index (χ3v) is 7.26. The number of pyridine rings is 1. The minimum absolute atomic E-state index is 0.147. The standard InChI is InChI=1S/C18H26N4O2S/c1-18(2,3)25(23,24)17-6-5-16(12-19-17)22-9-7-14(8-10-22)15-11-20-21(4)13-15/h5-6,11-14H,7-10H2,1-4H3. The fourth-order valence-electron chi connectivity index (χ4n) is 3.15. The van der Waals surface area contributed by atoms with Gasteiger partial charge in [0.1, 0.15) is 0 Å². The number of aryl methyl sites for hydroxylation is 1. The Labute approximate surface area is 149 Å². The van der Waals surface area contributed by atoms with Crippen LogP contribution in [0.3, 0.4) is 0 Å². The number of hydrogen-bond donors (Lipinski definition) is 0. The number of hydrogen-bond acceptors (Lipinski definition) is 5. The first-order valence-corrected chi connectivity index (χ1v) is 10.1. The van der Waals surface area contributed by atoms with Crippen LogP contribution in [0.15, 0.2) is 35.7 Å². The van der Waals surface area contributed by atoms with E-state index in [-0.39, 0.29) is 5.03 Å². The third kappa shape index (κ3) is 3.56. The maximum absolute atomic E-state index is 12.5. The van der Waals surface area contributed by atoms with Gasteiger partial charge in [-0.25, -0.2) is 13.4 Å². The monoisotopic (exact) mass is 362 g/mol. The molecule has 0 radical (unpaired) electrons. The van der Waals surface area contributed by atoms with Crippen LogP contribution >= 0.6 is 0 Å². The molecule has 0 bridgehead atoms. The summed E-state index contributed by atoms with van der Waals surface area (Å²) in [6, 6.07) is 3.50. The highest BCUT2D eigenvalue weighted by atomic mass is 32.2. The highest BCUT2D eigenvalue weighted by Gasteiger charge is 2.32. The zero-order valence-electron chi connectivity index (χ0n) is 15.3. The zero-order valence-corrected chi connectivity index (χ0v) is 16.1. The Hall–Kier alpha value is -1.89. The van der Waals surface area contributed by atoms with E-state index in [9.17, 15) is 8.42 Å². The van der Waals surface area contributed by atoms with Gasteiger partial charge in [-0.15, -0.1) is 0 Å². The molecule has 1 fully saturated rings. The molecule has 2 aromatic heterocycles. The van der Waals surface area contributed by atoms with E-state index >= 15 is 0 Å². The molecule has 1 aliphatic heterocycles. The van der Waals surface area contributed by atoms with Crippen molar-refractivity contribution in [3.63, 3.8) is 0 Å². The fraction of sp³-hybridized carbons (Fsp3) is 0.556. The minimum atomic E-state index is -3.41. The molecule has 1 aliphatic rings. The quantitative estimate of drug-likeness (QED) is 0.840. The summed E-state index contributed by atoms with van der Waals surface area (Å²) in [7, 11) is -1.46. The van der Waals surface area contributed by atoms with Gasteiger partial charge in [-0.2, -0.15) is 5.10 Å². The lowest BCUT2D eigenvalue weighted by Crippen LogP contribution is -2.33. The lowest BCUT2D eigenvalue weighted by molar-refractivity contribution is 0.504. The maximum atomic E-state index is 12.5. The summed E-state index contributed by atoms with van der Waals surface area (Å²) < 4.78 is 25.9. The van der Waals surface area contributed by atoms with Crippen molar-refractivity contribution < 1.29 is 8.42 Å². The molecule has 6 nitrogen and oxygen atoms in total. The highest BCUT2D eigenvalue weighted by Crippen LogP contribution is 2.31. The molecule has 3 heterocycles. The van der Waals surface area contributed by atoms with Gasteiger partial charge in [0.25, 0.3) is 0 Å². The van der Waals surface area contributed by atoms with Crippen molar-refractivity contribution in [3.05, 3.63) is 36.3 Å². The van der Waals surface area contributed by atoms with E-state index in [1.807, 2.05) is 24.0 Å². The molecule has 136 valence electrons. The Balaban J connectivity index is 1.68. The Morgan fingerprint density at radius 2 is 1.80 bits per heavy atom. The van der Waals surface area contributed by atoms with Crippen molar-refractivity contribution in [2.24, 2.45) is 7.05 Å². The van der Waals surface area contributed by atoms with Crippen molar-refractivity contribution in [1.29, 1.82) is 0 Å². The molecule has 0 amide bonds. The second kappa shape index (κ2) is 6.44. The molecule has 0 unspecified atom stereocenters. The van der Waals surface area contributed by atoms with Crippen molar-refractivity contribution in [3.8, 4) is 0 Å². The molecule has 2 aromatic rings. The summed E-state index contributed by atoms with van der Waals surface area (Å²) in [5, 5.41) is 4.40. The molecule has 25 heavy (non-hydrogen) atoms. The van der Waals surface area contributed by atoms with E-state index in [1.54, 1.807) is 33.0 Å². The van der Waals surface area contributed by atoms with Gasteiger partial charge in [-0.3, -0.25) is 4.68 Å². The van der Waals surface area contributed by atoms with Crippen LogP contribution in [0.4, 0.5) is 5.69 Å². The summed E-state index contributed by atoms with van der Waals surface area (Å²) in [4.78, 5) is 6.50. The minimum Gasteiger partial charge on any atom is -0.370 e. The average Bonchev–Trinajstić information content (AvgIpc) is 3.01. The van der Waals surface area contributed by atoms with E-state index in [1.165, 1.54) is 5.56 Å². The van der Waals surface area contributed by atoms with Gasteiger partial charge in [0.15, 0.2) is 14.9 Å². The van der Waals surface area contributed by atoms with Gasteiger partial charge < -0.3 is 4.90 Å². The van der Waals surface area contributed by atoms with Crippen LogP contribution < -0.4 is 4.90 Å². The molecule has 0 spiro atoms. The van der Waals surface area contributed by atoms with Gasteiger partial charge in [0, 0.05) is 26.3 Å². The molecule has 0 aliphatic carbocycles. The first-order valence-electron chi connectivity index (χ1n) is 8.62. The van der Waals surface area contributed by atoms with E-state index in [0.29, 0.717) is 5.92 Å². The summed E-state index contributed by atoms with van der Waals surface area (Å²) in [5.74, 6) is 0.540. The van der Waals surface area contributed by atoms with Gasteiger partial charge in [-0.1, -0.05) is 0 Å². The van der Waals surface area contributed by atoms with E-state index in [4.69, 9.17) is 0 Å². The van der Waals surface area contributed by atoms with Gasteiger partial charge in [0.2, 0.25) is 0 Å². The second-order valence-corrected chi connectivity index (χ2v) is 10.3. The van der Waals surface area contributed by atoms with Crippen molar-refractivity contribution >= 4 is 15.5 Å². The predicted molar refractivity (Wildman–Crippen MR) is 98.6 cm³/mol. The van der Waals surface area contributed by atoms with Crippen LogP contribution in [0, 0.1) is 0 Å².